The molecule has 1 N–H and O–H groups in total. The number of ether oxygens (including phenoxy) is 1. The lowest BCUT2D eigenvalue weighted by Gasteiger charge is -2.12. The van der Waals surface area contributed by atoms with E-state index in [1.54, 1.807) is 31.2 Å². The first-order valence-corrected chi connectivity index (χ1v) is 6.67. The molecule has 0 aliphatic rings. The molecule has 0 radical (unpaired) electrons. The molecule has 0 aliphatic carbocycles. The van der Waals surface area contributed by atoms with Crippen molar-refractivity contribution >= 4 is 11.8 Å². The van der Waals surface area contributed by atoms with E-state index < -0.39 is 11.9 Å². The molecule has 0 fully saturated rings. The van der Waals surface area contributed by atoms with Crippen molar-refractivity contribution in [3.8, 4) is 0 Å². The highest BCUT2D eigenvalue weighted by molar-refractivity contribution is 6.00. The van der Waals surface area contributed by atoms with Crippen LogP contribution in [0.1, 0.15) is 40.5 Å². The van der Waals surface area contributed by atoms with Crippen LogP contribution in [0.25, 0.3) is 0 Å². The summed E-state index contributed by atoms with van der Waals surface area (Å²) in [4.78, 5) is 23.9. The Hall–Kier alpha value is -1.94. The molecule has 0 saturated carbocycles. The van der Waals surface area contributed by atoms with Gasteiger partial charge in [0.15, 0.2) is 5.78 Å². The molecule has 0 heterocycles. The highest BCUT2D eigenvalue weighted by Gasteiger charge is 2.19. The third-order valence-corrected chi connectivity index (χ3v) is 2.97. The van der Waals surface area contributed by atoms with Crippen LogP contribution >= 0.6 is 0 Å². The second-order valence-electron chi connectivity index (χ2n) is 4.41. The number of hydrogen-bond donors (Lipinski definition) is 1. The molecule has 1 rings (SSSR count). The number of Topliss-reactive ketones (excluding diaryl/α,β-unsaturated/α-hetero) is 1. The van der Waals surface area contributed by atoms with E-state index in [1.807, 2.05) is 0 Å². The standard InChI is InChI=1S/C16H20O4/c1-3-5-7-14(11-17)15(18)12-8-6-9-13(10-12)16(19)20-4-2/h3,6,8-10,14,17H,1,4-5,7,11H2,2H3. The summed E-state index contributed by atoms with van der Waals surface area (Å²) in [6.07, 6.45) is 2.92. The number of carbonyl (C=O) groups excluding carboxylic acids is 2. The van der Waals surface area contributed by atoms with Gasteiger partial charge in [-0.2, -0.15) is 0 Å². The number of hydrogen-bond acceptors (Lipinski definition) is 4. The van der Waals surface area contributed by atoms with Gasteiger partial charge in [-0.15, -0.1) is 6.58 Å². The highest BCUT2D eigenvalue weighted by atomic mass is 16.5. The summed E-state index contributed by atoms with van der Waals surface area (Å²) >= 11 is 0. The van der Waals surface area contributed by atoms with E-state index in [0.717, 1.165) is 0 Å². The van der Waals surface area contributed by atoms with Gasteiger partial charge in [0.1, 0.15) is 0 Å². The van der Waals surface area contributed by atoms with E-state index in [9.17, 15) is 14.7 Å². The average molecular weight is 276 g/mol. The third-order valence-electron chi connectivity index (χ3n) is 2.97. The summed E-state index contributed by atoms with van der Waals surface area (Å²) in [6.45, 7) is 5.40. The van der Waals surface area contributed by atoms with Crippen LogP contribution in [-0.4, -0.2) is 30.1 Å². The predicted octanol–water partition coefficient (Wildman–Crippen LogP) is 2.62. The zero-order valence-corrected chi connectivity index (χ0v) is 11.7. The number of benzene rings is 1. The van der Waals surface area contributed by atoms with Crippen LogP contribution in [0.3, 0.4) is 0 Å². The van der Waals surface area contributed by atoms with Crippen molar-refractivity contribution in [2.75, 3.05) is 13.2 Å². The maximum absolute atomic E-state index is 12.3. The molecular formula is C16H20O4. The molecule has 1 aromatic carbocycles. The van der Waals surface area contributed by atoms with Gasteiger partial charge in [0.05, 0.1) is 18.8 Å². The maximum atomic E-state index is 12.3. The van der Waals surface area contributed by atoms with E-state index in [2.05, 4.69) is 6.58 Å². The number of aliphatic hydroxyl groups excluding tert-OH is 1. The van der Waals surface area contributed by atoms with Gasteiger partial charge in [-0.05, 0) is 31.9 Å². The molecular weight excluding hydrogens is 256 g/mol. The van der Waals surface area contributed by atoms with Crippen molar-refractivity contribution in [1.82, 2.24) is 0 Å². The summed E-state index contributed by atoms with van der Waals surface area (Å²) in [5, 5.41) is 9.30. The van der Waals surface area contributed by atoms with Crippen LogP contribution in [0.5, 0.6) is 0 Å². The number of aliphatic hydroxyl groups is 1. The van der Waals surface area contributed by atoms with Crippen LogP contribution in [0, 0.1) is 5.92 Å². The van der Waals surface area contributed by atoms with Gasteiger partial charge >= 0.3 is 5.97 Å². The summed E-state index contributed by atoms with van der Waals surface area (Å²) in [5.41, 5.74) is 0.761. The first-order chi connectivity index (χ1) is 9.63. The van der Waals surface area contributed by atoms with Crippen molar-refractivity contribution in [2.24, 2.45) is 5.92 Å². The topological polar surface area (TPSA) is 63.6 Å². The van der Waals surface area contributed by atoms with E-state index in [1.165, 1.54) is 6.07 Å². The Kier molecular flexibility index (Phi) is 6.67. The van der Waals surface area contributed by atoms with E-state index >= 15 is 0 Å². The van der Waals surface area contributed by atoms with Crippen molar-refractivity contribution in [3.63, 3.8) is 0 Å². The Balaban J connectivity index is 2.89. The molecule has 4 nitrogen and oxygen atoms in total. The van der Waals surface area contributed by atoms with Gasteiger partial charge < -0.3 is 9.84 Å². The van der Waals surface area contributed by atoms with E-state index in [-0.39, 0.29) is 19.0 Å². The second kappa shape index (κ2) is 8.27. The molecule has 0 bridgehead atoms. The number of esters is 1. The van der Waals surface area contributed by atoms with Gasteiger partial charge in [0, 0.05) is 11.5 Å². The molecule has 4 heteroatoms. The maximum Gasteiger partial charge on any atom is 0.338 e. The summed E-state index contributed by atoms with van der Waals surface area (Å²) in [6, 6.07) is 6.40. The minimum absolute atomic E-state index is 0.166. The summed E-state index contributed by atoms with van der Waals surface area (Å²) in [5.74, 6) is -1.08. The van der Waals surface area contributed by atoms with E-state index in [4.69, 9.17) is 4.74 Å². The molecule has 1 unspecified atom stereocenters. The number of allylic oxidation sites excluding steroid dienone is 1. The molecule has 108 valence electrons. The fourth-order valence-electron chi connectivity index (χ4n) is 1.87. The van der Waals surface area contributed by atoms with Crippen LogP contribution in [0.15, 0.2) is 36.9 Å². The zero-order valence-electron chi connectivity index (χ0n) is 11.7. The largest absolute Gasteiger partial charge is 0.462 e. The van der Waals surface area contributed by atoms with Crippen molar-refractivity contribution < 1.29 is 19.4 Å². The molecule has 0 amide bonds. The van der Waals surface area contributed by atoms with Crippen LogP contribution in [0.4, 0.5) is 0 Å². The van der Waals surface area contributed by atoms with E-state index in [0.29, 0.717) is 24.0 Å². The Morgan fingerprint density at radius 3 is 2.70 bits per heavy atom. The highest BCUT2D eigenvalue weighted by Crippen LogP contribution is 2.16. The quantitative estimate of drug-likeness (QED) is 0.450. The first kappa shape index (κ1) is 16.1. The monoisotopic (exact) mass is 276 g/mol. The molecule has 0 aromatic heterocycles. The average Bonchev–Trinajstić information content (AvgIpc) is 2.48. The molecule has 1 aromatic rings. The van der Waals surface area contributed by atoms with Gasteiger partial charge in [0.2, 0.25) is 0 Å². The minimum atomic E-state index is -0.467. The van der Waals surface area contributed by atoms with Gasteiger partial charge in [0.25, 0.3) is 0 Å². The van der Waals surface area contributed by atoms with Crippen LogP contribution in [-0.2, 0) is 4.74 Å². The Labute approximate surface area is 119 Å². The zero-order chi connectivity index (χ0) is 15.0. The van der Waals surface area contributed by atoms with Crippen molar-refractivity contribution in [2.45, 2.75) is 19.8 Å². The second-order valence-corrected chi connectivity index (χ2v) is 4.41. The first-order valence-electron chi connectivity index (χ1n) is 6.67. The summed E-state index contributed by atoms with van der Waals surface area (Å²) in [7, 11) is 0. The molecule has 0 saturated heterocycles. The third kappa shape index (κ3) is 4.31. The van der Waals surface area contributed by atoms with Gasteiger partial charge in [-0.1, -0.05) is 18.2 Å². The predicted molar refractivity (Wildman–Crippen MR) is 76.7 cm³/mol. The fraction of sp³-hybridized carbons (Fsp3) is 0.375. The smallest absolute Gasteiger partial charge is 0.338 e. The molecule has 1 atom stereocenters. The van der Waals surface area contributed by atoms with Crippen molar-refractivity contribution in [1.29, 1.82) is 0 Å². The lowest BCUT2D eigenvalue weighted by atomic mass is 9.93. The lowest BCUT2D eigenvalue weighted by Crippen LogP contribution is -2.19. The number of carbonyl (C=O) groups is 2. The normalized spacial score (nSPS) is 11.7. The number of rotatable bonds is 8. The SMILES string of the molecule is C=CCCC(CO)C(=O)c1cccc(C(=O)OCC)c1. The Bertz CT molecular complexity index is 479. The lowest BCUT2D eigenvalue weighted by molar-refractivity contribution is 0.0526. The van der Waals surface area contributed by atoms with Crippen LogP contribution < -0.4 is 0 Å². The molecule has 0 spiro atoms. The van der Waals surface area contributed by atoms with Crippen molar-refractivity contribution in [3.05, 3.63) is 48.0 Å². The fourth-order valence-corrected chi connectivity index (χ4v) is 1.87. The number of ketones is 1. The molecule has 20 heavy (non-hydrogen) atoms. The molecule has 0 aliphatic heterocycles. The Morgan fingerprint density at radius 2 is 2.10 bits per heavy atom. The summed E-state index contributed by atoms with van der Waals surface area (Å²) < 4.78 is 4.90. The van der Waals surface area contributed by atoms with Gasteiger partial charge in [-0.3, -0.25) is 4.79 Å². The Morgan fingerprint density at radius 1 is 1.40 bits per heavy atom. The van der Waals surface area contributed by atoms with Gasteiger partial charge in [-0.25, -0.2) is 4.79 Å². The minimum Gasteiger partial charge on any atom is -0.462 e. The van der Waals surface area contributed by atoms with Crippen LogP contribution in [0.2, 0.25) is 0 Å².